The van der Waals surface area contributed by atoms with Crippen LogP contribution in [-0.4, -0.2) is 49.8 Å². The lowest BCUT2D eigenvalue weighted by Gasteiger charge is -2.18. The van der Waals surface area contributed by atoms with Crippen LogP contribution in [0, 0.1) is 5.41 Å². The van der Waals surface area contributed by atoms with Gasteiger partial charge in [-0.1, -0.05) is 20.8 Å². The Morgan fingerprint density at radius 2 is 2.08 bits per heavy atom. The number of hydrogen-bond acceptors (Lipinski definition) is 6. The summed E-state index contributed by atoms with van der Waals surface area (Å²) >= 11 is 0. The summed E-state index contributed by atoms with van der Waals surface area (Å²) in [5, 5.41) is 24.9. The highest BCUT2D eigenvalue weighted by Crippen LogP contribution is 2.28. The number of aromatic nitrogens is 3. The second kappa shape index (κ2) is 6.73. The average molecular weight is 336 g/mol. The van der Waals surface area contributed by atoms with Gasteiger partial charge in [0.15, 0.2) is 5.65 Å². The Morgan fingerprint density at radius 1 is 1.38 bits per heavy atom. The van der Waals surface area contributed by atoms with Crippen molar-refractivity contribution in [1.82, 2.24) is 19.9 Å². The van der Waals surface area contributed by atoms with Crippen molar-refractivity contribution in [3.63, 3.8) is 0 Å². The molecule has 0 aliphatic rings. The van der Waals surface area contributed by atoms with E-state index in [2.05, 4.69) is 36.2 Å². The summed E-state index contributed by atoms with van der Waals surface area (Å²) in [7, 11) is 0. The van der Waals surface area contributed by atoms with E-state index in [-0.39, 0.29) is 28.3 Å². The van der Waals surface area contributed by atoms with Gasteiger partial charge in [-0.05, 0) is 11.8 Å². The van der Waals surface area contributed by atoms with E-state index in [0.717, 1.165) is 6.42 Å². The van der Waals surface area contributed by atoms with E-state index in [4.69, 9.17) is 9.84 Å². The first kappa shape index (κ1) is 17.5. The smallest absolute Gasteiger partial charge is 0.322 e. The number of amides is 1. The van der Waals surface area contributed by atoms with Gasteiger partial charge < -0.3 is 20.3 Å². The fraction of sp³-hybridized carbons (Fsp3) is 0.467. The zero-order chi connectivity index (χ0) is 17.9. The Hall–Kier alpha value is -2.84. The average Bonchev–Trinajstić information content (AvgIpc) is 2.92. The molecule has 0 unspecified atom stereocenters. The number of carbonyl (C=O) groups is 2. The van der Waals surface area contributed by atoms with Crippen LogP contribution in [0.3, 0.4) is 0 Å². The van der Waals surface area contributed by atoms with Crippen molar-refractivity contribution < 1.29 is 24.5 Å². The molecule has 0 radical (unpaired) electrons. The normalized spacial score (nSPS) is 11.5. The van der Waals surface area contributed by atoms with Gasteiger partial charge in [-0.2, -0.15) is 9.61 Å². The number of nitrogens with one attached hydrogen (secondary N) is 1. The van der Waals surface area contributed by atoms with Crippen LogP contribution < -0.4 is 10.1 Å². The topological polar surface area (TPSA) is 126 Å². The van der Waals surface area contributed by atoms with Crippen molar-refractivity contribution in [1.29, 1.82) is 0 Å². The van der Waals surface area contributed by atoms with Gasteiger partial charge in [0, 0.05) is 6.07 Å². The standard InChI is InChI=1S/C15H20N4O5/c1-15(2,3)4-5-24-10-6-9(20)12(13-17-8-18-19(10)13)14(23)16-7-11(21)22/h6,8,20H,4-5,7H2,1-3H3,(H,16,23)(H,21,22). The van der Waals surface area contributed by atoms with Gasteiger partial charge in [0.25, 0.3) is 5.91 Å². The SMILES string of the molecule is CC(C)(C)CCOc1cc(O)c(C(=O)NCC(=O)O)c2ncnn12. The highest BCUT2D eigenvalue weighted by atomic mass is 16.5. The molecular formula is C15H20N4O5. The zero-order valence-electron chi connectivity index (χ0n) is 13.7. The fourth-order valence-electron chi connectivity index (χ4n) is 1.96. The van der Waals surface area contributed by atoms with Crippen LogP contribution in [-0.2, 0) is 4.79 Å². The predicted molar refractivity (Wildman–Crippen MR) is 84.2 cm³/mol. The molecule has 9 heteroatoms. The fourth-order valence-corrected chi connectivity index (χ4v) is 1.96. The third-order valence-corrected chi connectivity index (χ3v) is 3.23. The minimum atomic E-state index is -1.19. The van der Waals surface area contributed by atoms with Gasteiger partial charge in [-0.25, -0.2) is 4.98 Å². The molecule has 24 heavy (non-hydrogen) atoms. The largest absolute Gasteiger partial charge is 0.507 e. The molecule has 0 spiro atoms. The first-order valence-corrected chi connectivity index (χ1v) is 7.37. The number of hydrogen-bond donors (Lipinski definition) is 3. The summed E-state index contributed by atoms with van der Waals surface area (Å²) in [4.78, 5) is 26.6. The van der Waals surface area contributed by atoms with Crippen molar-refractivity contribution in [3.05, 3.63) is 18.0 Å². The monoisotopic (exact) mass is 336 g/mol. The molecule has 0 saturated carbocycles. The number of carboxylic acids is 1. The van der Waals surface area contributed by atoms with Gasteiger partial charge in [-0.15, -0.1) is 0 Å². The molecule has 0 aliphatic heterocycles. The van der Waals surface area contributed by atoms with E-state index < -0.39 is 18.4 Å². The van der Waals surface area contributed by atoms with Gasteiger partial charge in [0.05, 0.1) is 6.61 Å². The Balaban J connectivity index is 2.28. The zero-order valence-corrected chi connectivity index (χ0v) is 13.7. The molecule has 0 bridgehead atoms. The maximum absolute atomic E-state index is 12.1. The van der Waals surface area contributed by atoms with Crippen LogP contribution in [0.15, 0.2) is 12.4 Å². The minimum Gasteiger partial charge on any atom is -0.507 e. The van der Waals surface area contributed by atoms with Gasteiger partial charge >= 0.3 is 5.97 Å². The quantitative estimate of drug-likeness (QED) is 0.720. The van der Waals surface area contributed by atoms with Crippen LogP contribution in [0.4, 0.5) is 0 Å². The van der Waals surface area contributed by atoms with E-state index >= 15 is 0 Å². The molecular weight excluding hydrogens is 316 g/mol. The summed E-state index contributed by atoms with van der Waals surface area (Å²) in [5.41, 5.74) is 0.0146. The van der Waals surface area contributed by atoms with Crippen molar-refractivity contribution >= 4 is 17.5 Å². The second-order valence-corrected chi connectivity index (χ2v) is 6.47. The molecule has 1 amide bonds. The molecule has 2 heterocycles. The summed E-state index contributed by atoms with van der Waals surface area (Å²) in [5.74, 6) is -2.06. The summed E-state index contributed by atoms with van der Waals surface area (Å²) in [6.07, 6.45) is 2.00. The lowest BCUT2D eigenvalue weighted by atomic mass is 9.93. The predicted octanol–water partition coefficient (Wildman–Crippen LogP) is 1.06. The highest BCUT2D eigenvalue weighted by molar-refractivity contribution is 6.03. The summed E-state index contributed by atoms with van der Waals surface area (Å²) in [6, 6.07) is 1.26. The molecule has 9 nitrogen and oxygen atoms in total. The first-order valence-electron chi connectivity index (χ1n) is 7.37. The maximum Gasteiger partial charge on any atom is 0.322 e. The lowest BCUT2D eigenvalue weighted by molar-refractivity contribution is -0.135. The second-order valence-electron chi connectivity index (χ2n) is 6.47. The van der Waals surface area contributed by atoms with E-state index in [0.29, 0.717) is 6.61 Å². The Kier molecular flexibility index (Phi) is 4.91. The Morgan fingerprint density at radius 3 is 2.71 bits per heavy atom. The molecule has 130 valence electrons. The number of ether oxygens (including phenoxy) is 1. The summed E-state index contributed by atoms with van der Waals surface area (Å²) in [6.45, 7) is 6.07. The highest BCUT2D eigenvalue weighted by Gasteiger charge is 2.21. The van der Waals surface area contributed by atoms with E-state index in [1.54, 1.807) is 0 Å². The Bertz CT molecular complexity index is 763. The maximum atomic E-state index is 12.1. The number of nitrogens with zero attached hydrogens (tertiary/aromatic N) is 3. The van der Waals surface area contributed by atoms with E-state index in [1.807, 2.05) is 0 Å². The molecule has 0 atom stereocenters. The number of aliphatic carboxylic acids is 1. The van der Waals surface area contributed by atoms with Gasteiger partial charge in [-0.3, -0.25) is 9.59 Å². The van der Waals surface area contributed by atoms with Gasteiger partial charge in [0.2, 0.25) is 5.88 Å². The molecule has 0 aliphatic carbocycles. The van der Waals surface area contributed by atoms with Gasteiger partial charge in [0.1, 0.15) is 24.2 Å². The van der Waals surface area contributed by atoms with Crippen LogP contribution in [0.25, 0.3) is 5.65 Å². The summed E-state index contributed by atoms with van der Waals surface area (Å²) < 4.78 is 6.93. The number of carbonyl (C=O) groups excluding carboxylic acids is 1. The third kappa shape index (κ3) is 4.12. The Labute approximate surface area is 138 Å². The molecule has 2 rings (SSSR count). The molecule has 2 aromatic heterocycles. The number of fused-ring (bicyclic) bond motifs is 1. The van der Waals surface area contributed by atoms with Crippen LogP contribution >= 0.6 is 0 Å². The number of aromatic hydroxyl groups is 1. The lowest BCUT2D eigenvalue weighted by Crippen LogP contribution is -2.29. The molecule has 3 N–H and O–H groups in total. The minimum absolute atomic E-state index is 0.0835. The first-order chi connectivity index (χ1) is 11.2. The van der Waals surface area contributed by atoms with Crippen molar-refractivity contribution in [2.24, 2.45) is 5.41 Å². The molecule has 0 fully saturated rings. The third-order valence-electron chi connectivity index (χ3n) is 3.23. The number of pyridine rings is 1. The number of carboxylic acid groups (broad SMARTS) is 1. The molecule has 0 saturated heterocycles. The van der Waals surface area contributed by atoms with E-state index in [1.165, 1.54) is 16.9 Å². The van der Waals surface area contributed by atoms with Crippen LogP contribution in [0.2, 0.25) is 0 Å². The van der Waals surface area contributed by atoms with Crippen LogP contribution in [0.1, 0.15) is 37.6 Å². The van der Waals surface area contributed by atoms with Crippen molar-refractivity contribution in [2.45, 2.75) is 27.2 Å². The molecule has 0 aromatic carbocycles. The number of rotatable bonds is 6. The van der Waals surface area contributed by atoms with Crippen molar-refractivity contribution in [2.75, 3.05) is 13.2 Å². The van der Waals surface area contributed by atoms with Crippen LogP contribution in [0.5, 0.6) is 11.6 Å². The molecule has 2 aromatic rings. The van der Waals surface area contributed by atoms with E-state index in [9.17, 15) is 14.7 Å². The van der Waals surface area contributed by atoms with Crippen molar-refractivity contribution in [3.8, 4) is 11.6 Å².